The highest BCUT2D eigenvalue weighted by molar-refractivity contribution is 7.27. The molecule has 3 aromatic rings. The predicted molar refractivity (Wildman–Crippen MR) is 80.1 cm³/mol. The fourth-order valence-electron chi connectivity index (χ4n) is 2.11. The second-order valence-electron chi connectivity index (χ2n) is 4.03. The summed E-state index contributed by atoms with van der Waals surface area (Å²) in [6.45, 7) is 0. The van der Waals surface area contributed by atoms with Crippen molar-refractivity contribution in [2.75, 3.05) is 0 Å². The van der Waals surface area contributed by atoms with E-state index in [0.29, 0.717) is 0 Å². The van der Waals surface area contributed by atoms with Gasteiger partial charge in [-0.15, -0.1) is 18.5 Å². The maximum absolute atomic E-state index is 2.74. The van der Waals surface area contributed by atoms with Gasteiger partial charge in [0, 0.05) is 0 Å². The number of fused-ring (bicyclic) bond motifs is 3. The molecule has 0 N–H and O–H groups in total. The molecule has 2 atom stereocenters. The van der Waals surface area contributed by atoms with Crippen LogP contribution < -0.4 is 10.6 Å². The van der Waals surface area contributed by atoms with Crippen molar-refractivity contribution in [2.45, 2.75) is 0 Å². The molecule has 0 heterocycles. The third kappa shape index (κ3) is 1.63. The van der Waals surface area contributed by atoms with Gasteiger partial charge in [-0.1, -0.05) is 36.4 Å². The molecule has 0 aliphatic heterocycles. The van der Waals surface area contributed by atoms with E-state index in [2.05, 4.69) is 67.0 Å². The average molecular weight is 242 g/mol. The number of rotatable bonds is 0. The van der Waals surface area contributed by atoms with Crippen molar-refractivity contribution in [3.05, 3.63) is 48.5 Å². The molecule has 0 bridgehead atoms. The smallest absolute Gasteiger partial charge is 0.0105 e. The zero-order valence-corrected chi connectivity index (χ0v) is 11.1. The molecular weight excluding hydrogens is 230 g/mol. The summed E-state index contributed by atoms with van der Waals surface area (Å²) in [5.41, 5.74) is 0. The molecule has 78 valence electrons. The van der Waals surface area contributed by atoms with Gasteiger partial charge in [-0.2, -0.15) is 0 Å². The lowest BCUT2D eigenvalue weighted by atomic mass is 10.0. The highest BCUT2D eigenvalue weighted by Crippen LogP contribution is 2.24. The third-order valence-electron chi connectivity index (χ3n) is 2.88. The van der Waals surface area contributed by atoms with E-state index in [1.807, 2.05) is 0 Å². The molecule has 0 fully saturated rings. The maximum atomic E-state index is 2.74. The molecule has 0 nitrogen and oxygen atoms in total. The summed E-state index contributed by atoms with van der Waals surface area (Å²) < 4.78 is 0. The van der Waals surface area contributed by atoms with Gasteiger partial charge in [0.2, 0.25) is 0 Å². The maximum Gasteiger partial charge on any atom is -0.0105 e. The van der Waals surface area contributed by atoms with Crippen LogP contribution in [-0.2, 0) is 0 Å². The standard InChI is InChI=1S/C14H12P2/c15-11-3-5-13-9(7-11)1-2-10-8-12(16)4-6-14(10)13/h1-8H,15-16H2. The van der Waals surface area contributed by atoms with E-state index < -0.39 is 0 Å². The number of benzene rings is 3. The fourth-order valence-corrected chi connectivity index (χ4v) is 2.66. The van der Waals surface area contributed by atoms with Gasteiger partial charge in [0.15, 0.2) is 0 Å². The molecule has 16 heavy (non-hydrogen) atoms. The van der Waals surface area contributed by atoms with Gasteiger partial charge < -0.3 is 0 Å². The van der Waals surface area contributed by atoms with Crippen LogP contribution in [0.2, 0.25) is 0 Å². The second kappa shape index (κ2) is 3.81. The highest BCUT2D eigenvalue weighted by Gasteiger charge is 2.00. The van der Waals surface area contributed by atoms with E-state index >= 15 is 0 Å². The molecule has 0 amide bonds. The fraction of sp³-hybridized carbons (Fsp3) is 0. The Morgan fingerprint density at radius 1 is 0.562 bits per heavy atom. The first-order valence-electron chi connectivity index (χ1n) is 5.21. The van der Waals surface area contributed by atoms with Gasteiger partial charge in [0.05, 0.1) is 0 Å². The Labute approximate surface area is 99.5 Å². The average Bonchev–Trinajstić information content (AvgIpc) is 2.28. The van der Waals surface area contributed by atoms with Crippen LogP contribution in [0.1, 0.15) is 0 Å². The highest BCUT2D eigenvalue weighted by atomic mass is 31.0. The minimum atomic E-state index is 1.23. The summed E-state index contributed by atoms with van der Waals surface area (Å²) in [6, 6.07) is 17.5. The first-order chi connectivity index (χ1) is 7.74. The van der Waals surface area contributed by atoms with Crippen molar-refractivity contribution in [3.63, 3.8) is 0 Å². The van der Waals surface area contributed by atoms with Crippen molar-refractivity contribution in [3.8, 4) is 0 Å². The lowest BCUT2D eigenvalue weighted by Gasteiger charge is -2.05. The van der Waals surface area contributed by atoms with Gasteiger partial charge in [0.25, 0.3) is 0 Å². The van der Waals surface area contributed by atoms with Crippen LogP contribution in [0.25, 0.3) is 21.5 Å². The van der Waals surface area contributed by atoms with Crippen LogP contribution >= 0.6 is 18.5 Å². The third-order valence-corrected chi connectivity index (χ3v) is 3.60. The summed E-state index contributed by atoms with van der Waals surface area (Å²) in [6.07, 6.45) is 0. The largest absolute Gasteiger partial charge is 0.106 e. The lowest BCUT2D eigenvalue weighted by molar-refractivity contribution is 1.83. The Morgan fingerprint density at radius 3 is 1.44 bits per heavy atom. The van der Waals surface area contributed by atoms with Crippen molar-refractivity contribution in [1.82, 2.24) is 0 Å². The molecule has 0 aliphatic rings. The Hall–Kier alpha value is -0.960. The molecule has 3 aromatic carbocycles. The van der Waals surface area contributed by atoms with E-state index in [1.54, 1.807) is 0 Å². The minimum Gasteiger partial charge on any atom is -0.106 e. The summed E-state index contributed by atoms with van der Waals surface area (Å²) in [7, 11) is 5.49. The van der Waals surface area contributed by atoms with Gasteiger partial charge in [-0.3, -0.25) is 0 Å². The summed E-state index contributed by atoms with van der Waals surface area (Å²) >= 11 is 0. The van der Waals surface area contributed by atoms with Crippen molar-refractivity contribution in [2.24, 2.45) is 0 Å². The molecular formula is C14H12P2. The first kappa shape index (κ1) is 10.2. The molecule has 0 aromatic heterocycles. The van der Waals surface area contributed by atoms with Crippen LogP contribution in [0, 0.1) is 0 Å². The molecule has 2 unspecified atom stereocenters. The van der Waals surface area contributed by atoms with E-state index in [9.17, 15) is 0 Å². The number of hydrogen-bond donors (Lipinski definition) is 0. The summed E-state index contributed by atoms with van der Waals surface area (Å²) in [5, 5.41) is 7.72. The molecule has 0 saturated heterocycles. The van der Waals surface area contributed by atoms with Gasteiger partial charge in [-0.05, 0) is 44.3 Å². The minimum absolute atomic E-state index is 1.23. The Kier molecular flexibility index (Phi) is 2.43. The zero-order chi connectivity index (χ0) is 11.1. The molecule has 3 rings (SSSR count). The van der Waals surface area contributed by atoms with Gasteiger partial charge in [-0.25, -0.2) is 0 Å². The SMILES string of the molecule is Pc1ccc2c(ccc3cc(P)ccc32)c1. The van der Waals surface area contributed by atoms with E-state index in [-0.39, 0.29) is 0 Å². The monoisotopic (exact) mass is 242 g/mol. The summed E-state index contributed by atoms with van der Waals surface area (Å²) in [5.74, 6) is 0. The first-order valence-corrected chi connectivity index (χ1v) is 6.37. The zero-order valence-electron chi connectivity index (χ0n) is 8.77. The van der Waals surface area contributed by atoms with Crippen LogP contribution in [0.4, 0.5) is 0 Å². The normalized spacial score (nSPS) is 11.1. The molecule has 0 aliphatic carbocycles. The Bertz CT molecular complexity index is 626. The summed E-state index contributed by atoms with van der Waals surface area (Å²) in [4.78, 5) is 0. The van der Waals surface area contributed by atoms with Crippen LogP contribution in [0.3, 0.4) is 0 Å². The Morgan fingerprint density at radius 2 is 1.00 bits per heavy atom. The van der Waals surface area contributed by atoms with Crippen molar-refractivity contribution < 1.29 is 0 Å². The molecule has 0 spiro atoms. The quantitative estimate of drug-likeness (QED) is 0.420. The molecule has 0 radical (unpaired) electrons. The molecule has 2 heteroatoms. The van der Waals surface area contributed by atoms with Crippen molar-refractivity contribution in [1.29, 1.82) is 0 Å². The lowest BCUT2D eigenvalue weighted by Crippen LogP contribution is -1.91. The second-order valence-corrected chi connectivity index (χ2v) is 5.36. The topological polar surface area (TPSA) is 0 Å². The van der Waals surface area contributed by atoms with Crippen LogP contribution in [0.15, 0.2) is 48.5 Å². The van der Waals surface area contributed by atoms with Crippen molar-refractivity contribution >= 4 is 50.6 Å². The molecule has 0 saturated carbocycles. The van der Waals surface area contributed by atoms with E-state index in [4.69, 9.17) is 0 Å². The predicted octanol–water partition coefficient (Wildman–Crippen LogP) is 2.99. The Balaban J connectivity index is 2.50. The van der Waals surface area contributed by atoms with Gasteiger partial charge >= 0.3 is 0 Å². The van der Waals surface area contributed by atoms with Gasteiger partial charge in [0.1, 0.15) is 0 Å². The van der Waals surface area contributed by atoms with E-state index in [0.717, 1.165) is 0 Å². The van der Waals surface area contributed by atoms with E-state index in [1.165, 1.54) is 32.2 Å². The van der Waals surface area contributed by atoms with Crippen LogP contribution in [0.5, 0.6) is 0 Å². The van der Waals surface area contributed by atoms with Crippen LogP contribution in [-0.4, -0.2) is 0 Å². The number of hydrogen-bond acceptors (Lipinski definition) is 0.